The Labute approximate surface area is 148 Å². The summed E-state index contributed by atoms with van der Waals surface area (Å²) in [6, 6.07) is 3.94. The van der Waals surface area contributed by atoms with Crippen molar-refractivity contribution in [1.82, 2.24) is 24.7 Å². The molecule has 0 spiro atoms. The number of anilines is 1. The standard InChI is InChI=1S/C18H26N6O/c1-14-19-20-16-7-8-17(21-24(14)16)22-9-11-23(12-10-22)18(25)13-15-5-3-2-4-6-15/h7-8,15H,2-6,9-13H2,1H3. The van der Waals surface area contributed by atoms with Gasteiger partial charge in [-0.1, -0.05) is 19.3 Å². The maximum atomic E-state index is 12.6. The zero-order chi connectivity index (χ0) is 17.2. The van der Waals surface area contributed by atoms with E-state index in [2.05, 4.69) is 20.2 Å². The van der Waals surface area contributed by atoms with Gasteiger partial charge in [-0.2, -0.15) is 4.52 Å². The van der Waals surface area contributed by atoms with Gasteiger partial charge in [-0.05, 0) is 37.8 Å². The maximum absolute atomic E-state index is 12.6. The lowest BCUT2D eigenvalue weighted by atomic mass is 9.86. The molecule has 2 aromatic heterocycles. The molecule has 2 fully saturated rings. The fraction of sp³-hybridized carbons (Fsp3) is 0.667. The number of nitrogens with zero attached hydrogens (tertiary/aromatic N) is 6. The summed E-state index contributed by atoms with van der Waals surface area (Å²) in [4.78, 5) is 16.8. The van der Waals surface area contributed by atoms with E-state index < -0.39 is 0 Å². The second-order valence-electron chi connectivity index (χ2n) is 7.28. The molecular formula is C18H26N6O. The molecule has 0 unspecified atom stereocenters. The fourth-order valence-electron chi connectivity index (χ4n) is 4.01. The van der Waals surface area contributed by atoms with Gasteiger partial charge < -0.3 is 9.80 Å². The highest BCUT2D eigenvalue weighted by molar-refractivity contribution is 5.76. The first kappa shape index (κ1) is 16.3. The highest BCUT2D eigenvalue weighted by Gasteiger charge is 2.25. The van der Waals surface area contributed by atoms with Crippen molar-refractivity contribution >= 4 is 17.4 Å². The third-order valence-electron chi connectivity index (χ3n) is 5.55. The van der Waals surface area contributed by atoms with E-state index in [0.29, 0.717) is 11.8 Å². The van der Waals surface area contributed by atoms with E-state index >= 15 is 0 Å². The monoisotopic (exact) mass is 342 g/mol. The smallest absolute Gasteiger partial charge is 0.222 e. The second kappa shape index (κ2) is 6.98. The van der Waals surface area contributed by atoms with Crippen LogP contribution in [0.15, 0.2) is 12.1 Å². The van der Waals surface area contributed by atoms with Crippen LogP contribution < -0.4 is 4.90 Å². The molecule has 7 heteroatoms. The summed E-state index contributed by atoms with van der Waals surface area (Å²) in [6.45, 7) is 5.13. The van der Waals surface area contributed by atoms with Crippen molar-refractivity contribution < 1.29 is 4.79 Å². The molecule has 25 heavy (non-hydrogen) atoms. The number of aromatic nitrogens is 4. The first-order chi connectivity index (χ1) is 12.2. The van der Waals surface area contributed by atoms with Crippen molar-refractivity contribution in [3.05, 3.63) is 18.0 Å². The van der Waals surface area contributed by atoms with E-state index in [1.54, 1.807) is 4.52 Å². The van der Waals surface area contributed by atoms with Crippen LogP contribution in [-0.4, -0.2) is 56.8 Å². The minimum atomic E-state index is 0.338. The molecule has 7 nitrogen and oxygen atoms in total. The molecule has 4 rings (SSSR count). The number of fused-ring (bicyclic) bond motifs is 1. The number of hydrogen-bond acceptors (Lipinski definition) is 5. The van der Waals surface area contributed by atoms with E-state index in [-0.39, 0.29) is 0 Å². The summed E-state index contributed by atoms with van der Waals surface area (Å²) in [5.41, 5.74) is 0.766. The predicted molar refractivity (Wildman–Crippen MR) is 95.5 cm³/mol. The van der Waals surface area contributed by atoms with Gasteiger partial charge in [0, 0.05) is 32.6 Å². The van der Waals surface area contributed by atoms with Crippen molar-refractivity contribution in [2.24, 2.45) is 5.92 Å². The van der Waals surface area contributed by atoms with Crippen molar-refractivity contribution in [2.75, 3.05) is 31.1 Å². The third kappa shape index (κ3) is 3.45. The number of hydrogen-bond donors (Lipinski definition) is 0. The van der Waals surface area contributed by atoms with Crippen LogP contribution in [0.3, 0.4) is 0 Å². The van der Waals surface area contributed by atoms with E-state index in [1.165, 1.54) is 32.1 Å². The van der Waals surface area contributed by atoms with Crippen LogP contribution in [0.5, 0.6) is 0 Å². The van der Waals surface area contributed by atoms with E-state index in [4.69, 9.17) is 0 Å². The Bertz CT molecular complexity index is 743. The lowest BCUT2D eigenvalue weighted by molar-refractivity contribution is -0.132. The topological polar surface area (TPSA) is 66.6 Å². The molecule has 0 bridgehead atoms. The molecular weight excluding hydrogens is 316 g/mol. The summed E-state index contributed by atoms with van der Waals surface area (Å²) in [7, 11) is 0. The van der Waals surface area contributed by atoms with Gasteiger partial charge in [-0.15, -0.1) is 15.3 Å². The van der Waals surface area contributed by atoms with E-state index in [1.807, 2.05) is 24.0 Å². The lowest BCUT2D eigenvalue weighted by Gasteiger charge is -2.36. The fourth-order valence-corrected chi connectivity index (χ4v) is 4.01. The molecule has 0 N–H and O–H groups in total. The minimum absolute atomic E-state index is 0.338. The van der Waals surface area contributed by atoms with Gasteiger partial charge in [0.25, 0.3) is 0 Å². The normalized spacial score (nSPS) is 19.6. The molecule has 0 radical (unpaired) electrons. The van der Waals surface area contributed by atoms with Crippen molar-refractivity contribution in [3.8, 4) is 0 Å². The van der Waals surface area contributed by atoms with Crippen LogP contribution in [0.4, 0.5) is 5.82 Å². The number of amides is 1. The SMILES string of the molecule is Cc1nnc2ccc(N3CCN(C(=O)CC4CCCCC4)CC3)nn12. The van der Waals surface area contributed by atoms with Gasteiger partial charge in [0.1, 0.15) is 5.82 Å². The molecule has 134 valence electrons. The Morgan fingerprint density at radius 3 is 2.60 bits per heavy atom. The highest BCUT2D eigenvalue weighted by atomic mass is 16.2. The van der Waals surface area contributed by atoms with E-state index in [0.717, 1.165) is 49.9 Å². The predicted octanol–water partition coefficient (Wildman–Crippen LogP) is 2.05. The summed E-state index contributed by atoms with van der Waals surface area (Å²) in [5, 5.41) is 12.8. The van der Waals surface area contributed by atoms with Gasteiger partial charge in [0.05, 0.1) is 0 Å². The van der Waals surface area contributed by atoms with Crippen molar-refractivity contribution in [1.29, 1.82) is 0 Å². The Hall–Kier alpha value is -2.18. The molecule has 1 saturated heterocycles. The summed E-state index contributed by atoms with van der Waals surface area (Å²) in [5.74, 6) is 2.66. The average molecular weight is 342 g/mol. The Morgan fingerprint density at radius 1 is 1.08 bits per heavy atom. The first-order valence-electron chi connectivity index (χ1n) is 9.42. The van der Waals surface area contributed by atoms with Gasteiger partial charge in [0.2, 0.25) is 5.91 Å². The molecule has 2 aromatic rings. The average Bonchev–Trinajstić information content (AvgIpc) is 3.03. The Balaban J connectivity index is 1.35. The molecule has 2 aliphatic rings. The van der Waals surface area contributed by atoms with Crippen LogP contribution in [0.25, 0.3) is 5.65 Å². The van der Waals surface area contributed by atoms with E-state index in [9.17, 15) is 4.79 Å². The molecule has 1 amide bonds. The highest BCUT2D eigenvalue weighted by Crippen LogP contribution is 2.27. The van der Waals surface area contributed by atoms with Gasteiger partial charge in [0.15, 0.2) is 11.5 Å². The van der Waals surface area contributed by atoms with Crippen LogP contribution in [0, 0.1) is 12.8 Å². The third-order valence-corrected chi connectivity index (χ3v) is 5.55. The number of carbonyl (C=O) groups is 1. The quantitative estimate of drug-likeness (QED) is 0.854. The minimum Gasteiger partial charge on any atom is -0.352 e. The molecule has 0 aromatic carbocycles. The molecule has 1 saturated carbocycles. The summed E-state index contributed by atoms with van der Waals surface area (Å²) >= 11 is 0. The lowest BCUT2D eigenvalue weighted by Crippen LogP contribution is -2.49. The molecule has 0 atom stereocenters. The van der Waals surface area contributed by atoms with Gasteiger partial charge in [-0.25, -0.2) is 0 Å². The maximum Gasteiger partial charge on any atom is 0.222 e. The summed E-state index contributed by atoms with van der Waals surface area (Å²) in [6.07, 6.45) is 7.13. The first-order valence-corrected chi connectivity index (χ1v) is 9.42. The molecule has 3 heterocycles. The van der Waals surface area contributed by atoms with Crippen molar-refractivity contribution in [2.45, 2.75) is 45.4 Å². The number of rotatable bonds is 3. The van der Waals surface area contributed by atoms with Gasteiger partial charge >= 0.3 is 0 Å². The van der Waals surface area contributed by atoms with Gasteiger partial charge in [-0.3, -0.25) is 4.79 Å². The number of aryl methyl sites for hydroxylation is 1. The van der Waals surface area contributed by atoms with Crippen molar-refractivity contribution in [3.63, 3.8) is 0 Å². The Kier molecular flexibility index (Phi) is 4.55. The summed E-state index contributed by atoms with van der Waals surface area (Å²) < 4.78 is 1.77. The molecule has 1 aliphatic heterocycles. The largest absolute Gasteiger partial charge is 0.352 e. The zero-order valence-electron chi connectivity index (χ0n) is 14.9. The molecule has 1 aliphatic carbocycles. The zero-order valence-corrected chi connectivity index (χ0v) is 14.9. The van der Waals surface area contributed by atoms with Crippen LogP contribution >= 0.6 is 0 Å². The second-order valence-corrected chi connectivity index (χ2v) is 7.28. The van der Waals surface area contributed by atoms with Crippen LogP contribution in [0.1, 0.15) is 44.3 Å². The van der Waals surface area contributed by atoms with Crippen LogP contribution in [0.2, 0.25) is 0 Å². The van der Waals surface area contributed by atoms with Crippen LogP contribution in [-0.2, 0) is 4.79 Å². The Morgan fingerprint density at radius 2 is 1.84 bits per heavy atom. The number of carbonyl (C=O) groups excluding carboxylic acids is 1. The number of piperazine rings is 1.